The van der Waals surface area contributed by atoms with Crippen LogP contribution < -0.4 is 5.32 Å². The van der Waals surface area contributed by atoms with Gasteiger partial charge >= 0.3 is 12.1 Å². The zero-order valence-electron chi connectivity index (χ0n) is 12.2. The highest BCUT2D eigenvalue weighted by Crippen LogP contribution is 2.32. The molecule has 0 aliphatic carbocycles. The monoisotopic (exact) mass is 376 g/mol. The molecule has 1 N–H and O–H groups in total. The summed E-state index contributed by atoms with van der Waals surface area (Å²) in [6.45, 7) is -0.756. The number of anilines is 1. The first-order chi connectivity index (χ1) is 11.7. The molecule has 2 aromatic rings. The predicted molar refractivity (Wildman–Crippen MR) is 79.6 cm³/mol. The second-order valence-electron chi connectivity index (χ2n) is 4.69. The van der Waals surface area contributed by atoms with Crippen molar-refractivity contribution < 1.29 is 31.9 Å². The lowest BCUT2D eigenvalue weighted by Crippen LogP contribution is -2.22. The maximum absolute atomic E-state index is 13.0. The molecule has 0 saturated heterocycles. The third kappa shape index (κ3) is 5.15. The Bertz CT molecular complexity index is 812. The van der Waals surface area contributed by atoms with Crippen LogP contribution in [0.15, 0.2) is 36.5 Å². The number of ether oxygens (including phenoxy) is 1. The lowest BCUT2D eigenvalue weighted by Gasteiger charge is -2.10. The van der Waals surface area contributed by atoms with Crippen LogP contribution in [0.4, 0.5) is 23.4 Å². The molecule has 132 valence electrons. The largest absolute Gasteiger partial charge is 0.452 e. The molecule has 0 saturated carbocycles. The van der Waals surface area contributed by atoms with Gasteiger partial charge in [-0.2, -0.15) is 13.2 Å². The minimum Gasteiger partial charge on any atom is -0.452 e. The summed E-state index contributed by atoms with van der Waals surface area (Å²) in [6, 6.07) is 5.23. The Kier molecular flexibility index (Phi) is 5.58. The Balaban J connectivity index is 1.95. The predicted octanol–water partition coefficient (Wildman–Crippen LogP) is 3.69. The number of nitrogens with zero attached hydrogens (tertiary/aromatic N) is 1. The lowest BCUT2D eigenvalue weighted by molar-refractivity contribution is -0.137. The summed E-state index contributed by atoms with van der Waals surface area (Å²) in [5.74, 6) is -2.79. The molecule has 10 heteroatoms. The first kappa shape index (κ1) is 18.7. The van der Waals surface area contributed by atoms with E-state index in [1.807, 2.05) is 0 Å². The number of carbonyl (C=O) groups excluding carboxylic acids is 2. The minimum absolute atomic E-state index is 0.0986. The molecule has 1 aromatic carbocycles. The van der Waals surface area contributed by atoms with E-state index in [0.29, 0.717) is 12.3 Å². The Morgan fingerprint density at radius 3 is 2.56 bits per heavy atom. The SMILES string of the molecule is O=C(COC(=O)c1cccc(F)c1)Nc1ncc(C(F)(F)F)cc1Cl. The molecule has 0 aliphatic rings. The lowest BCUT2D eigenvalue weighted by atomic mass is 10.2. The van der Waals surface area contributed by atoms with Gasteiger partial charge in [-0.15, -0.1) is 0 Å². The summed E-state index contributed by atoms with van der Waals surface area (Å²) in [7, 11) is 0. The van der Waals surface area contributed by atoms with E-state index in [-0.39, 0.29) is 11.4 Å². The van der Waals surface area contributed by atoms with E-state index in [1.165, 1.54) is 12.1 Å². The number of pyridine rings is 1. The smallest absolute Gasteiger partial charge is 0.417 e. The summed E-state index contributed by atoms with van der Waals surface area (Å²) in [5, 5.41) is 1.68. The van der Waals surface area contributed by atoms with Gasteiger partial charge in [0.05, 0.1) is 16.1 Å². The standard InChI is InChI=1S/C15H9ClF4N2O3/c16-11-5-9(15(18,19)20)6-21-13(11)22-12(23)7-25-14(24)8-2-1-3-10(17)4-8/h1-6H,7H2,(H,21,22,23). The van der Waals surface area contributed by atoms with Gasteiger partial charge < -0.3 is 10.1 Å². The fraction of sp³-hybridized carbons (Fsp3) is 0.133. The van der Waals surface area contributed by atoms with Gasteiger partial charge in [-0.25, -0.2) is 14.2 Å². The van der Waals surface area contributed by atoms with E-state index in [0.717, 1.165) is 12.1 Å². The van der Waals surface area contributed by atoms with Crippen molar-refractivity contribution in [3.8, 4) is 0 Å². The van der Waals surface area contributed by atoms with Crippen molar-refractivity contribution >= 4 is 29.3 Å². The fourth-order valence-electron chi connectivity index (χ4n) is 1.68. The van der Waals surface area contributed by atoms with Crippen LogP contribution in [0.3, 0.4) is 0 Å². The van der Waals surface area contributed by atoms with Crippen LogP contribution in [0.2, 0.25) is 5.02 Å². The fourth-order valence-corrected chi connectivity index (χ4v) is 1.90. The molecule has 0 atom stereocenters. The molecule has 0 fully saturated rings. The number of benzene rings is 1. The number of nitrogens with one attached hydrogen (secondary N) is 1. The Labute approximate surface area is 143 Å². The number of rotatable bonds is 4. The van der Waals surface area contributed by atoms with E-state index < -0.39 is 41.1 Å². The van der Waals surface area contributed by atoms with Gasteiger partial charge in [0.2, 0.25) is 0 Å². The molecule has 2 rings (SSSR count). The molecule has 0 unspecified atom stereocenters. The molecule has 0 bridgehead atoms. The molecular weight excluding hydrogens is 368 g/mol. The Hall–Kier alpha value is -2.68. The van der Waals surface area contributed by atoms with E-state index in [2.05, 4.69) is 15.0 Å². The average molecular weight is 377 g/mol. The van der Waals surface area contributed by atoms with Gasteiger partial charge in [-0.1, -0.05) is 17.7 Å². The van der Waals surface area contributed by atoms with E-state index in [1.54, 1.807) is 0 Å². The number of amides is 1. The van der Waals surface area contributed by atoms with Crippen molar-refractivity contribution in [2.75, 3.05) is 11.9 Å². The third-order valence-electron chi connectivity index (χ3n) is 2.82. The van der Waals surface area contributed by atoms with E-state index in [4.69, 9.17) is 11.6 Å². The van der Waals surface area contributed by atoms with Crippen LogP contribution in [-0.2, 0) is 15.7 Å². The highest BCUT2D eigenvalue weighted by atomic mass is 35.5. The Morgan fingerprint density at radius 1 is 1.24 bits per heavy atom. The summed E-state index contributed by atoms with van der Waals surface area (Å²) in [5.41, 5.74) is -1.17. The number of hydrogen-bond acceptors (Lipinski definition) is 4. The van der Waals surface area contributed by atoms with Gasteiger partial charge in [-0.3, -0.25) is 4.79 Å². The molecule has 0 aliphatic heterocycles. The number of hydrogen-bond donors (Lipinski definition) is 1. The van der Waals surface area contributed by atoms with Gasteiger partial charge in [0.1, 0.15) is 5.82 Å². The van der Waals surface area contributed by atoms with Crippen molar-refractivity contribution in [3.63, 3.8) is 0 Å². The van der Waals surface area contributed by atoms with E-state index in [9.17, 15) is 27.2 Å². The molecule has 25 heavy (non-hydrogen) atoms. The highest BCUT2D eigenvalue weighted by molar-refractivity contribution is 6.33. The topological polar surface area (TPSA) is 68.3 Å². The molecule has 1 amide bonds. The van der Waals surface area contributed by atoms with Crippen molar-refractivity contribution in [3.05, 3.63) is 58.5 Å². The minimum atomic E-state index is -4.63. The number of alkyl halides is 3. The zero-order valence-corrected chi connectivity index (χ0v) is 13.0. The normalized spacial score (nSPS) is 11.1. The summed E-state index contributed by atoms with van der Waals surface area (Å²) >= 11 is 5.63. The van der Waals surface area contributed by atoms with Crippen LogP contribution in [0, 0.1) is 5.82 Å². The molecular formula is C15H9ClF4N2O3. The van der Waals surface area contributed by atoms with Gasteiger partial charge in [0.15, 0.2) is 12.4 Å². The number of aromatic nitrogens is 1. The zero-order chi connectivity index (χ0) is 18.6. The second-order valence-corrected chi connectivity index (χ2v) is 5.09. The van der Waals surface area contributed by atoms with Crippen LogP contribution in [-0.4, -0.2) is 23.5 Å². The average Bonchev–Trinajstić information content (AvgIpc) is 2.53. The second kappa shape index (κ2) is 7.47. The number of esters is 1. The summed E-state index contributed by atoms with van der Waals surface area (Å²) < 4.78 is 55.1. The molecule has 0 radical (unpaired) electrons. The van der Waals surface area contributed by atoms with Crippen molar-refractivity contribution in [2.45, 2.75) is 6.18 Å². The quantitative estimate of drug-likeness (QED) is 0.653. The van der Waals surface area contributed by atoms with Crippen molar-refractivity contribution in [1.82, 2.24) is 4.98 Å². The summed E-state index contributed by atoms with van der Waals surface area (Å²) in [4.78, 5) is 26.7. The van der Waals surface area contributed by atoms with Crippen LogP contribution >= 0.6 is 11.6 Å². The molecule has 1 heterocycles. The third-order valence-corrected chi connectivity index (χ3v) is 3.11. The Morgan fingerprint density at radius 2 is 1.96 bits per heavy atom. The van der Waals surface area contributed by atoms with Crippen molar-refractivity contribution in [2.24, 2.45) is 0 Å². The van der Waals surface area contributed by atoms with Crippen LogP contribution in [0.25, 0.3) is 0 Å². The number of halogens is 5. The molecule has 5 nitrogen and oxygen atoms in total. The highest BCUT2D eigenvalue weighted by Gasteiger charge is 2.31. The van der Waals surface area contributed by atoms with Gasteiger partial charge in [0.25, 0.3) is 5.91 Å². The maximum Gasteiger partial charge on any atom is 0.417 e. The molecule has 0 spiro atoms. The van der Waals surface area contributed by atoms with Crippen molar-refractivity contribution in [1.29, 1.82) is 0 Å². The van der Waals surface area contributed by atoms with Gasteiger partial charge in [0, 0.05) is 6.20 Å². The molecule has 1 aromatic heterocycles. The van der Waals surface area contributed by atoms with Gasteiger partial charge in [-0.05, 0) is 24.3 Å². The maximum atomic E-state index is 13.0. The first-order valence-electron chi connectivity index (χ1n) is 6.62. The van der Waals surface area contributed by atoms with Crippen LogP contribution in [0.5, 0.6) is 0 Å². The van der Waals surface area contributed by atoms with E-state index >= 15 is 0 Å². The summed E-state index contributed by atoms with van der Waals surface area (Å²) in [6.07, 6.45) is -4.13. The number of carbonyl (C=O) groups is 2. The first-order valence-corrected chi connectivity index (χ1v) is 7.00. The van der Waals surface area contributed by atoms with Crippen LogP contribution in [0.1, 0.15) is 15.9 Å².